The van der Waals surface area contributed by atoms with Crippen LogP contribution in [-0.4, -0.2) is 55.7 Å². The number of nitrogens with zero attached hydrogens (tertiary/aromatic N) is 1. The first-order valence-electron chi connectivity index (χ1n) is 6.68. The molecule has 0 spiro atoms. The van der Waals surface area contributed by atoms with Crippen LogP contribution >= 0.6 is 0 Å². The summed E-state index contributed by atoms with van der Waals surface area (Å²) >= 11 is 0. The van der Waals surface area contributed by atoms with E-state index in [4.69, 9.17) is 0 Å². The van der Waals surface area contributed by atoms with Crippen LogP contribution in [-0.2, 0) is 9.84 Å². The number of sulfone groups is 1. The molecule has 2 heterocycles. The number of hydrogen-bond donors (Lipinski definition) is 1. The van der Waals surface area contributed by atoms with Crippen LogP contribution in [0.25, 0.3) is 0 Å². The summed E-state index contributed by atoms with van der Waals surface area (Å²) in [5.41, 5.74) is 0. The molecular weight excluding hydrogens is 238 g/mol. The summed E-state index contributed by atoms with van der Waals surface area (Å²) in [6.45, 7) is 2.90. The summed E-state index contributed by atoms with van der Waals surface area (Å²) in [5.74, 6) is 0.698. The van der Waals surface area contributed by atoms with Gasteiger partial charge in [0.2, 0.25) is 0 Å². The van der Waals surface area contributed by atoms with E-state index in [-0.39, 0.29) is 23.5 Å². The van der Waals surface area contributed by atoms with Crippen LogP contribution < -0.4 is 0 Å². The van der Waals surface area contributed by atoms with Gasteiger partial charge in [0.1, 0.15) is 9.84 Å². The molecule has 0 aromatic rings. The second kappa shape index (κ2) is 5.67. The standard InChI is InChI=1S/C12H23NO3S/c14-12(10-13-6-2-1-3-7-13)11-4-8-17(15,16)9-5-11/h11-12,14H,1-10H2. The molecule has 100 valence electrons. The normalized spacial score (nSPS) is 29.0. The third-order valence-corrected chi connectivity index (χ3v) is 5.75. The smallest absolute Gasteiger partial charge is 0.150 e. The van der Waals surface area contributed by atoms with Crippen molar-refractivity contribution in [3.05, 3.63) is 0 Å². The molecule has 0 bridgehead atoms. The van der Waals surface area contributed by atoms with Crippen molar-refractivity contribution in [2.75, 3.05) is 31.1 Å². The fourth-order valence-corrected chi connectivity index (χ4v) is 4.38. The van der Waals surface area contributed by atoms with Gasteiger partial charge < -0.3 is 10.0 Å². The van der Waals surface area contributed by atoms with E-state index >= 15 is 0 Å². The van der Waals surface area contributed by atoms with Crippen molar-refractivity contribution in [1.29, 1.82) is 0 Å². The van der Waals surface area contributed by atoms with Crippen molar-refractivity contribution in [3.8, 4) is 0 Å². The highest BCUT2D eigenvalue weighted by Crippen LogP contribution is 2.23. The first-order chi connectivity index (χ1) is 8.07. The number of rotatable bonds is 3. The summed E-state index contributed by atoms with van der Waals surface area (Å²) in [7, 11) is -2.81. The lowest BCUT2D eigenvalue weighted by atomic mass is 9.95. The lowest BCUT2D eigenvalue weighted by Gasteiger charge is -2.33. The lowest BCUT2D eigenvalue weighted by molar-refractivity contribution is 0.0527. The number of β-amino-alcohol motifs (C(OH)–C–C–N with tert-alkyl or cyclic N) is 1. The SMILES string of the molecule is O=S1(=O)CCC(C(O)CN2CCCCC2)CC1. The maximum absolute atomic E-state index is 11.3. The Morgan fingerprint density at radius 1 is 1.12 bits per heavy atom. The molecule has 1 unspecified atom stereocenters. The monoisotopic (exact) mass is 261 g/mol. The van der Waals surface area contributed by atoms with Gasteiger partial charge in [0.25, 0.3) is 0 Å². The van der Waals surface area contributed by atoms with Crippen LogP contribution in [0.5, 0.6) is 0 Å². The molecule has 2 aliphatic rings. The number of aliphatic hydroxyl groups is 1. The Hall–Kier alpha value is -0.130. The molecule has 0 amide bonds. The summed E-state index contributed by atoms with van der Waals surface area (Å²) in [5, 5.41) is 10.2. The highest BCUT2D eigenvalue weighted by Gasteiger charge is 2.29. The van der Waals surface area contributed by atoms with E-state index < -0.39 is 9.84 Å². The molecule has 0 aromatic heterocycles. The average Bonchev–Trinajstić information content (AvgIpc) is 2.30. The van der Waals surface area contributed by atoms with Crippen LogP contribution in [0.3, 0.4) is 0 Å². The van der Waals surface area contributed by atoms with E-state index in [9.17, 15) is 13.5 Å². The van der Waals surface area contributed by atoms with E-state index in [2.05, 4.69) is 4.90 Å². The van der Waals surface area contributed by atoms with Crippen LogP contribution in [0.2, 0.25) is 0 Å². The Bertz CT molecular complexity index is 322. The fourth-order valence-electron chi connectivity index (χ4n) is 2.85. The van der Waals surface area contributed by atoms with Crippen LogP contribution in [0.1, 0.15) is 32.1 Å². The molecular formula is C12H23NO3S. The maximum atomic E-state index is 11.3. The zero-order chi connectivity index (χ0) is 12.3. The molecule has 5 heteroatoms. The van der Waals surface area contributed by atoms with Crippen LogP contribution in [0, 0.1) is 5.92 Å². The summed E-state index contributed by atoms with van der Waals surface area (Å²) in [6, 6.07) is 0. The Labute approximate surface area is 104 Å². The van der Waals surface area contributed by atoms with E-state index in [1.165, 1.54) is 19.3 Å². The zero-order valence-electron chi connectivity index (χ0n) is 10.3. The molecule has 4 nitrogen and oxygen atoms in total. The Morgan fingerprint density at radius 3 is 2.29 bits per heavy atom. The quantitative estimate of drug-likeness (QED) is 0.811. The Morgan fingerprint density at radius 2 is 1.71 bits per heavy atom. The molecule has 0 saturated carbocycles. The van der Waals surface area contributed by atoms with Crippen molar-refractivity contribution in [1.82, 2.24) is 4.90 Å². The molecule has 0 aliphatic carbocycles. The highest BCUT2D eigenvalue weighted by molar-refractivity contribution is 7.91. The number of likely N-dealkylation sites (tertiary alicyclic amines) is 1. The first kappa shape index (κ1) is 13.3. The Kier molecular flexibility index (Phi) is 4.44. The molecule has 1 N–H and O–H groups in total. The van der Waals surface area contributed by atoms with E-state index in [0.717, 1.165) is 19.6 Å². The fraction of sp³-hybridized carbons (Fsp3) is 1.00. The van der Waals surface area contributed by atoms with E-state index in [1.54, 1.807) is 0 Å². The second-order valence-electron chi connectivity index (χ2n) is 5.42. The molecule has 1 atom stereocenters. The summed E-state index contributed by atoms with van der Waals surface area (Å²) in [4.78, 5) is 2.32. The predicted octanol–water partition coefficient (Wildman–Crippen LogP) is 0.658. The van der Waals surface area contributed by atoms with Gasteiger partial charge in [0, 0.05) is 6.54 Å². The molecule has 2 saturated heterocycles. The van der Waals surface area contributed by atoms with Gasteiger partial charge in [-0.25, -0.2) is 8.42 Å². The topological polar surface area (TPSA) is 57.6 Å². The minimum Gasteiger partial charge on any atom is -0.392 e. The van der Waals surface area contributed by atoms with Gasteiger partial charge in [-0.05, 0) is 44.7 Å². The van der Waals surface area contributed by atoms with Gasteiger partial charge in [-0.2, -0.15) is 0 Å². The van der Waals surface area contributed by atoms with Crippen LogP contribution in [0.4, 0.5) is 0 Å². The molecule has 2 fully saturated rings. The van der Waals surface area contributed by atoms with Crippen molar-refractivity contribution in [2.24, 2.45) is 5.92 Å². The second-order valence-corrected chi connectivity index (χ2v) is 7.72. The van der Waals surface area contributed by atoms with Crippen LogP contribution in [0.15, 0.2) is 0 Å². The van der Waals surface area contributed by atoms with Gasteiger partial charge in [-0.15, -0.1) is 0 Å². The Balaban J connectivity index is 1.78. The van der Waals surface area contributed by atoms with Gasteiger partial charge in [0.05, 0.1) is 17.6 Å². The van der Waals surface area contributed by atoms with Crippen molar-refractivity contribution >= 4 is 9.84 Å². The third kappa shape index (κ3) is 3.93. The van der Waals surface area contributed by atoms with Gasteiger partial charge in [0.15, 0.2) is 0 Å². The van der Waals surface area contributed by atoms with Gasteiger partial charge >= 0.3 is 0 Å². The van der Waals surface area contributed by atoms with E-state index in [1.807, 2.05) is 0 Å². The maximum Gasteiger partial charge on any atom is 0.150 e. The van der Waals surface area contributed by atoms with Gasteiger partial charge in [-0.1, -0.05) is 6.42 Å². The third-order valence-electron chi connectivity index (χ3n) is 4.04. The summed E-state index contributed by atoms with van der Waals surface area (Å²) < 4.78 is 22.6. The summed E-state index contributed by atoms with van der Waals surface area (Å²) in [6.07, 6.45) is 4.68. The highest BCUT2D eigenvalue weighted by atomic mass is 32.2. The molecule has 17 heavy (non-hydrogen) atoms. The molecule has 2 aliphatic heterocycles. The average molecular weight is 261 g/mol. The number of aliphatic hydroxyl groups excluding tert-OH is 1. The zero-order valence-corrected chi connectivity index (χ0v) is 11.2. The van der Waals surface area contributed by atoms with Crippen molar-refractivity contribution in [2.45, 2.75) is 38.2 Å². The molecule has 0 aromatic carbocycles. The van der Waals surface area contributed by atoms with Crippen molar-refractivity contribution < 1.29 is 13.5 Å². The minimum absolute atomic E-state index is 0.181. The van der Waals surface area contributed by atoms with Crippen molar-refractivity contribution in [3.63, 3.8) is 0 Å². The van der Waals surface area contributed by atoms with Gasteiger partial charge in [-0.3, -0.25) is 0 Å². The molecule has 0 radical (unpaired) electrons. The minimum atomic E-state index is -2.81. The largest absolute Gasteiger partial charge is 0.392 e. The van der Waals surface area contributed by atoms with E-state index in [0.29, 0.717) is 12.8 Å². The first-order valence-corrected chi connectivity index (χ1v) is 8.50. The number of hydrogen-bond acceptors (Lipinski definition) is 4. The predicted molar refractivity (Wildman–Crippen MR) is 67.7 cm³/mol. The molecule has 2 rings (SSSR count). The lowest BCUT2D eigenvalue weighted by Crippen LogP contribution is -2.41. The number of piperidine rings is 1.